The summed E-state index contributed by atoms with van der Waals surface area (Å²) in [4.78, 5) is 4.70. The van der Waals surface area contributed by atoms with Crippen molar-refractivity contribution in [1.82, 2.24) is 10.6 Å². The van der Waals surface area contributed by atoms with Crippen LogP contribution < -0.4 is 15.4 Å². The van der Waals surface area contributed by atoms with Gasteiger partial charge in [-0.1, -0.05) is 42.5 Å². The minimum atomic E-state index is 0. The zero-order chi connectivity index (χ0) is 22.3. The Kier molecular flexibility index (Phi) is 13.9. The molecule has 1 saturated heterocycles. The number of benzene rings is 2. The summed E-state index contributed by atoms with van der Waals surface area (Å²) in [6.45, 7) is 8.32. The van der Waals surface area contributed by atoms with Gasteiger partial charge in [0.05, 0.1) is 6.54 Å². The third-order valence-corrected chi connectivity index (χ3v) is 5.39. The molecule has 182 valence electrons. The van der Waals surface area contributed by atoms with Gasteiger partial charge in [0.1, 0.15) is 12.4 Å². The monoisotopic (exact) mass is 567 g/mol. The molecule has 1 aliphatic heterocycles. The van der Waals surface area contributed by atoms with Crippen LogP contribution in [0.3, 0.4) is 0 Å². The smallest absolute Gasteiger partial charge is 0.191 e. The predicted octanol–water partition coefficient (Wildman–Crippen LogP) is 4.77. The van der Waals surface area contributed by atoms with Crippen LogP contribution in [0, 0.1) is 5.92 Å². The maximum absolute atomic E-state index is 5.86. The Balaban J connectivity index is 0.00000385. The molecule has 0 amide bonds. The molecule has 2 aromatic carbocycles. The van der Waals surface area contributed by atoms with Gasteiger partial charge in [-0.2, -0.15) is 0 Å². The second-order valence-corrected chi connectivity index (χ2v) is 8.02. The molecule has 1 fully saturated rings. The van der Waals surface area contributed by atoms with Crippen LogP contribution in [0.4, 0.5) is 0 Å². The fourth-order valence-corrected chi connectivity index (χ4v) is 3.49. The fourth-order valence-electron chi connectivity index (χ4n) is 3.49. The van der Waals surface area contributed by atoms with Gasteiger partial charge in [0, 0.05) is 39.5 Å². The van der Waals surface area contributed by atoms with Crippen molar-refractivity contribution in [2.45, 2.75) is 39.3 Å². The van der Waals surface area contributed by atoms with E-state index in [9.17, 15) is 0 Å². The highest BCUT2D eigenvalue weighted by Gasteiger charge is 2.13. The van der Waals surface area contributed by atoms with Gasteiger partial charge in [-0.3, -0.25) is 0 Å². The molecule has 7 heteroatoms. The van der Waals surface area contributed by atoms with Crippen molar-refractivity contribution in [1.29, 1.82) is 0 Å². The molecular weight excluding hydrogens is 529 g/mol. The Morgan fingerprint density at radius 1 is 1.00 bits per heavy atom. The van der Waals surface area contributed by atoms with E-state index in [0.717, 1.165) is 81.6 Å². The van der Waals surface area contributed by atoms with Crippen molar-refractivity contribution >= 4 is 29.9 Å². The van der Waals surface area contributed by atoms with Gasteiger partial charge in [0.25, 0.3) is 0 Å². The molecule has 0 radical (unpaired) electrons. The summed E-state index contributed by atoms with van der Waals surface area (Å²) in [5, 5.41) is 6.70. The van der Waals surface area contributed by atoms with Gasteiger partial charge in [-0.05, 0) is 55.4 Å². The van der Waals surface area contributed by atoms with Gasteiger partial charge in [-0.25, -0.2) is 4.99 Å². The lowest BCUT2D eigenvalue weighted by molar-refractivity contribution is 0.0203. The van der Waals surface area contributed by atoms with Crippen molar-refractivity contribution < 1.29 is 14.2 Å². The molecule has 33 heavy (non-hydrogen) atoms. The fraction of sp³-hybridized carbons (Fsp3) is 0.500. The summed E-state index contributed by atoms with van der Waals surface area (Å²) < 4.78 is 17.1. The molecular formula is C26H38IN3O3. The SMILES string of the molecule is CCNC(=NCc1ccc(OCc2ccccc2)cc1)NCCCOCC1CCOCC1.I. The average Bonchev–Trinajstić information content (AvgIpc) is 2.85. The van der Waals surface area contributed by atoms with E-state index in [1.807, 2.05) is 30.3 Å². The van der Waals surface area contributed by atoms with Crippen LogP contribution in [0.2, 0.25) is 0 Å². The molecule has 0 bridgehead atoms. The molecule has 0 saturated carbocycles. The Labute approximate surface area is 215 Å². The number of guanidine groups is 1. The van der Waals surface area contributed by atoms with E-state index in [2.05, 4.69) is 41.8 Å². The van der Waals surface area contributed by atoms with Gasteiger partial charge < -0.3 is 24.8 Å². The van der Waals surface area contributed by atoms with Crippen LogP contribution in [0.25, 0.3) is 0 Å². The lowest BCUT2D eigenvalue weighted by atomic mass is 10.0. The summed E-state index contributed by atoms with van der Waals surface area (Å²) in [5.41, 5.74) is 2.31. The first-order chi connectivity index (χ1) is 15.8. The summed E-state index contributed by atoms with van der Waals surface area (Å²) >= 11 is 0. The first-order valence-electron chi connectivity index (χ1n) is 11.8. The Hall–Kier alpha value is -1.84. The van der Waals surface area contributed by atoms with Crippen LogP contribution in [-0.4, -0.2) is 45.5 Å². The Bertz CT molecular complexity index is 781. The van der Waals surface area contributed by atoms with E-state index < -0.39 is 0 Å². The van der Waals surface area contributed by atoms with Crippen LogP contribution in [0.15, 0.2) is 59.6 Å². The maximum atomic E-state index is 5.86. The van der Waals surface area contributed by atoms with Crippen LogP contribution in [0.5, 0.6) is 5.75 Å². The third kappa shape index (κ3) is 11.2. The summed E-state index contributed by atoms with van der Waals surface area (Å²) in [5.74, 6) is 2.36. The van der Waals surface area contributed by atoms with E-state index in [-0.39, 0.29) is 24.0 Å². The van der Waals surface area contributed by atoms with Crippen LogP contribution >= 0.6 is 24.0 Å². The number of ether oxygens (including phenoxy) is 3. The van der Waals surface area contributed by atoms with Crippen molar-refractivity contribution in [2.75, 3.05) is 39.5 Å². The number of halogens is 1. The zero-order valence-electron chi connectivity index (χ0n) is 19.6. The molecule has 2 aromatic rings. The first-order valence-corrected chi connectivity index (χ1v) is 11.8. The minimum absolute atomic E-state index is 0. The topological polar surface area (TPSA) is 64.1 Å². The summed E-state index contributed by atoms with van der Waals surface area (Å²) in [7, 11) is 0. The highest BCUT2D eigenvalue weighted by molar-refractivity contribution is 14.0. The van der Waals surface area contributed by atoms with Gasteiger partial charge in [0.2, 0.25) is 0 Å². The zero-order valence-corrected chi connectivity index (χ0v) is 22.0. The van der Waals surface area contributed by atoms with E-state index in [0.29, 0.717) is 19.1 Å². The molecule has 1 aliphatic rings. The van der Waals surface area contributed by atoms with E-state index in [4.69, 9.17) is 19.2 Å². The standard InChI is InChI=1S/C26H37N3O3.HI/c1-2-27-26(28-15-6-16-31-20-24-13-17-30-18-14-24)29-19-22-9-11-25(12-10-22)32-21-23-7-4-3-5-8-23;/h3-5,7-12,24H,2,6,13-21H2,1H3,(H2,27,28,29);1H. The molecule has 0 aromatic heterocycles. The third-order valence-electron chi connectivity index (χ3n) is 5.39. The highest BCUT2D eigenvalue weighted by atomic mass is 127. The lowest BCUT2D eigenvalue weighted by Crippen LogP contribution is -2.38. The quantitative estimate of drug-likeness (QED) is 0.168. The van der Waals surface area contributed by atoms with Crippen molar-refractivity contribution in [3.63, 3.8) is 0 Å². The summed E-state index contributed by atoms with van der Waals surface area (Å²) in [6.07, 6.45) is 3.20. The van der Waals surface area contributed by atoms with Gasteiger partial charge in [-0.15, -0.1) is 24.0 Å². The van der Waals surface area contributed by atoms with Crippen molar-refractivity contribution in [3.05, 3.63) is 65.7 Å². The molecule has 0 atom stereocenters. The highest BCUT2D eigenvalue weighted by Crippen LogP contribution is 2.15. The second kappa shape index (κ2) is 16.7. The van der Waals surface area contributed by atoms with Crippen LogP contribution in [-0.2, 0) is 22.6 Å². The largest absolute Gasteiger partial charge is 0.489 e. The number of nitrogens with one attached hydrogen (secondary N) is 2. The van der Waals surface area contributed by atoms with E-state index in [1.54, 1.807) is 0 Å². The molecule has 0 aliphatic carbocycles. The number of aliphatic imine (C=N–C) groups is 1. The molecule has 6 nitrogen and oxygen atoms in total. The van der Waals surface area contributed by atoms with E-state index in [1.165, 1.54) is 0 Å². The Morgan fingerprint density at radius 2 is 1.76 bits per heavy atom. The molecule has 2 N–H and O–H groups in total. The number of nitrogens with zero attached hydrogens (tertiary/aromatic N) is 1. The Morgan fingerprint density at radius 3 is 2.48 bits per heavy atom. The first kappa shape index (κ1) is 27.4. The average molecular weight is 568 g/mol. The predicted molar refractivity (Wildman–Crippen MR) is 144 cm³/mol. The molecule has 3 rings (SSSR count). The van der Waals surface area contributed by atoms with Crippen LogP contribution in [0.1, 0.15) is 37.3 Å². The second-order valence-electron chi connectivity index (χ2n) is 8.02. The lowest BCUT2D eigenvalue weighted by Gasteiger charge is -2.21. The normalized spacial score (nSPS) is 14.4. The number of rotatable bonds is 12. The molecule has 0 unspecified atom stereocenters. The number of hydrogen-bond donors (Lipinski definition) is 2. The van der Waals surface area contributed by atoms with Gasteiger partial charge in [0.15, 0.2) is 5.96 Å². The molecule has 0 spiro atoms. The maximum Gasteiger partial charge on any atom is 0.191 e. The van der Waals surface area contributed by atoms with E-state index >= 15 is 0 Å². The molecule has 1 heterocycles. The number of hydrogen-bond acceptors (Lipinski definition) is 4. The minimum Gasteiger partial charge on any atom is -0.489 e. The summed E-state index contributed by atoms with van der Waals surface area (Å²) in [6, 6.07) is 18.3. The van der Waals surface area contributed by atoms with Crippen molar-refractivity contribution in [2.24, 2.45) is 10.9 Å². The van der Waals surface area contributed by atoms with Gasteiger partial charge >= 0.3 is 0 Å². The van der Waals surface area contributed by atoms with Crippen molar-refractivity contribution in [3.8, 4) is 5.75 Å².